The molecule has 0 atom stereocenters. The van der Waals surface area contributed by atoms with Crippen LogP contribution in [-0.2, 0) is 19.3 Å². The summed E-state index contributed by atoms with van der Waals surface area (Å²) >= 11 is 0. The molecular formula is C16H14. The summed E-state index contributed by atoms with van der Waals surface area (Å²) in [5, 5.41) is 2.94. The Morgan fingerprint density at radius 1 is 0.875 bits per heavy atom. The van der Waals surface area contributed by atoms with Gasteiger partial charge in [0.2, 0.25) is 0 Å². The van der Waals surface area contributed by atoms with Crippen LogP contribution in [0.1, 0.15) is 28.7 Å². The summed E-state index contributed by atoms with van der Waals surface area (Å²) in [6.45, 7) is 0. The van der Waals surface area contributed by atoms with Gasteiger partial charge in [0.15, 0.2) is 0 Å². The van der Waals surface area contributed by atoms with Crippen LogP contribution in [0.5, 0.6) is 0 Å². The largest absolute Gasteiger partial charge is 0.0836 e. The minimum Gasteiger partial charge on any atom is -0.0836 e. The Labute approximate surface area is 95.6 Å². The number of benzene rings is 2. The van der Waals surface area contributed by atoms with E-state index in [1.54, 1.807) is 11.1 Å². The van der Waals surface area contributed by atoms with E-state index in [0.29, 0.717) is 0 Å². The predicted octanol–water partition coefficient (Wildman–Crippen LogP) is 3.90. The molecule has 78 valence electrons. The number of aryl methyl sites for hydroxylation is 2. The molecule has 0 amide bonds. The van der Waals surface area contributed by atoms with Gasteiger partial charge in [0.05, 0.1) is 0 Å². The van der Waals surface area contributed by atoms with Gasteiger partial charge in [0.25, 0.3) is 0 Å². The van der Waals surface area contributed by atoms with Crippen molar-refractivity contribution in [2.45, 2.75) is 25.7 Å². The fourth-order valence-electron chi connectivity index (χ4n) is 3.19. The van der Waals surface area contributed by atoms with Crippen LogP contribution in [0.2, 0.25) is 0 Å². The molecule has 0 aromatic heterocycles. The quantitative estimate of drug-likeness (QED) is 0.613. The fourth-order valence-corrected chi connectivity index (χ4v) is 3.19. The van der Waals surface area contributed by atoms with Gasteiger partial charge in [0.1, 0.15) is 0 Å². The van der Waals surface area contributed by atoms with Gasteiger partial charge in [-0.3, -0.25) is 0 Å². The third-order valence-electron chi connectivity index (χ3n) is 3.99. The summed E-state index contributed by atoms with van der Waals surface area (Å²) in [7, 11) is 0. The van der Waals surface area contributed by atoms with Crippen molar-refractivity contribution in [3.05, 3.63) is 52.6 Å². The normalized spacial score (nSPS) is 16.8. The maximum absolute atomic E-state index is 2.37. The van der Waals surface area contributed by atoms with Crippen LogP contribution in [0.25, 0.3) is 16.8 Å². The van der Waals surface area contributed by atoms with Crippen molar-refractivity contribution in [3.63, 3.8) is 0 Å². The van der Waals surface area contributed by atoms with Gasteiger partial charge < -0.3 is 0 Å². The van der Waals surface area contributed by atoms with Crippen molar-refractivity contribution in [2.24, 2.45) is 0 Å². The summed E-state index contributed by atoms with van der Waals surface area (Å²) in [6, 6.07) is 9.36. The first-order valence-electron chi connectivity index (χ1n) is 6.16. The van der Waals surface area contributed by atoms with Crippen LogP contribution in [0.15, 0.2) is 30.3 Å². The van der Waals surface area contributed by atoms with Crippen molar-refractivity contribution >= 4 is 16.8 Å². The lowest BCUT2D eigenvalue weighted by molar-refractivity contribution is 0.917. The predicted molar refractivity (Wildman–Crippen MR) is 68.7 cm³/mol. The van der Waals surface area contributed by atoms with E-state index in [1.807, 2.05) is 0 Å². The number of fused-ring (bicyclic) bond motifs is 3. The molecule has 16 heavy (non-hydrogen) atoms. The average molecular weight is 206 g/mol. The standard InChI is InChI=1S/C16H14/c1-2-4-14-12(3-1)10-13-9-11-5-7-15(13)16(14)8-6-11/h1,3,5,7,9-10H,2,4,6,8H2. The van der Waals surface area contributed by atoms with Crippen molar-refractivity contribution in [1.82, 2.24) is 0 Å². The molecule has 0 saturated carbocycles. The van der Waals surface area contributed by atoms with Crippen molar-refractivity contribution < 1.29 is 0 Å². The monoisotopic (exact) mass is 206 g/mol. The maximum Gasteiger partial charge on any atom is -0.0148 e. The number of hydrogen-bond donors (Lipinski definition) is 0. The molecule has 3 aliphatic rings. The highest BCUT2D eigenvalue weighted by atomic mass is 14.2. The minimum atomic E-state index is 1.21. The summed E-state index contributed by atoms with van der Waals surface area (Å²) in [4.78, 5) is 0. The van der Waals surface area contributed by atoms with E-state index in [9.17, 15) is 0 Å². The molecule has 0 unspecified atom stereocenters. The number of allylic oxidation sites excluding steroid dienone is 1. The second kappa shape index (κ2) is 2.98. The second-order valence-electron chi connectivity index (χ2n) is 4.92. The van der Waals surface area contributed by atoms with E-state index < -0.39 is 0 Å². The molecule has 4 bridgehead atoms. The van der Waals surface area contributed by atoms with Crippen molar-refractivity contribution in [2.75, 3.05) is 0 Å². The van der Waals surface area contributed by atoms with Crippen LogP contribution in [-0.4, -0.2) is 0 Å². The van der Waals surface area contributed by atoms with Crippen molar-refractivity contribution in [3.8, 4) is 0 Å². The fraction of sp³-hybridized carbons (Fsp3) is 0.250. The topological polar surface area (TPSA) is 0 Å². The number of hydrogen-bond acceptors (Lipinski definition) is 0. The molecule has 5 rings (SSSR count). The number of rotatable bonds is 0. The molecule has 3 aliphatic carbocycles. The molecule has 0 radical (unpaired) electrons. The van der Waals surface area contributed by atoms with Gasteiger partial charge in [-0.2, -0.15) is 0 Å². The smallest absolute Gasteiger partial charge is 0.0148 e. The van der Waals surface area contributed by atoms with Gasteiger partial charge in [-0.15, -0.1) is 0 Å². The van der Waals surface area contributed by atoms with Crippen LogP contribution in [0, 0.1) is 0 Å². The molecule has 2 aromatic carbocycles. The molecule has 0 fully saturated rings. The lowest BCUT2D eigenvalue weighted by atomic mass is 9.88. The van der Waals surface area contributed by atoms with E-state index in [1.165, 1.54) is 47.6 Å². The van der Waals surface area contributed by atoms with Gasteiger partial charge >= 0.3 is 0 Å². The highest BCUT2D eigenvalue weighted by Crippen LogP contribution is 2.34. The lowest BCUT2D eigenvalue weighted by Gasteiger charge is -2.16. The Morgan fingerprint density at radius 2 is 1.88 bits per heavy atom. The lowest BCUT2D eigenvalue weighted by Crippen LogP contribution is -2.01. The highest BCUT2D eigenvalue weighted by molar-refractivity contribution is 5.91. The van der Waals surface area contributed by atoms with Crippen LogP contribution in [0.3, 0.4) is 0 Å². The first-order valence-corrected chi connectivity index (χ1v) is 6.16. The Morgan fingerprint density at radius 3 is 2.88 bits per heavy atom. The molecule has 0 aliphatic heterocycles. The van der Waals surface area contributed by atoms with E-state index >= 15 is 0 Å². The molecule has 0 N–H and O–H groups in total. The molecule has 0 saturated heterocycles. The summed E-state index contributed by atoms with van der Waals surface area (Å²) in [5.41, 5.74) is 6.20. The SMILES string of the molecule is C1=Cc2cc3cc4ccc3c(c2CC1)CC4. The highest BCUT2D eigenvalue weighted by Gasteiger charge is 2.16. The zero-order valence-corrected chi connectivity index (χ0v) is 9.29. The molecule has 0 heteroatoms. The van der Waals surface area contributed by atoms with Gasteiger partial charge in [0, 0.05) is 0 Å². The third-order valence-corrected chi connectivity index (χ3v) is 3.99. The molecular weight excluding hydrogens is 192 g/mol. The Balaban J connectivity index is 2.19. The van der Waals surface area contributed by atoms with E-state index in [0.717, 1.165) is 0 Å². The van der Waals surface area contributed by atoms with E-state index in [4.69, 9.17) is 0 Å². The molecule has 0 heterocycles. The summed E-state index contributed by atoms with van der Waals surface area (Å²) in [6.07, 6.45) is 9.51. The van der Waals surface area contributed by atoms with Gasteiger partial charge in [-0.1, -0.05) is 30.4 Å². The van der Waals surface area contributed by atoms with Crippen molar-refractivity contribution in [1.29, 1.82) is 0 Å². The summed E-state index contributed by atoms with van der Waals surface area (Å²) in [5.74, 6) is 0. The zero-order chi connectivity index (χ0) is 10.5. The summed E-state index contributed by atoms with van der Waals surface area (Å²) < 4.78 is 0. The zero-order valence-electron chi connectivity index (χ0n) is 9.29. The first kappa shape index (κ1) is 8.58. The average Bonchev–Trinajstić information content (AvgIpc) is 2.60. The third kappa shape index (κ3) is 1.05. The Bertz CT molecular complexity index is 617. The Hall–Kier alpha value is -1.56. The Kier molecular flexibility index (Phi) is 1.59. The van der Waals surface area contributed by atoms with E-state index in [-0.39, 0.29) is 0 Å². The first-order chi connectivity index (χ1) is 7.92. The van der Waals surface area contributed by atoms with Crippen LogP contribution in [0.4, 0.5) is 0 Å². The van der Waals surface area contributed by atoms with Crippen LogP contribution < -0.4 is 0 Å². The molecule has 0 nitrogen and oxygen atoms in total. The van der Waals surface area contributed by atoms with E-state index in [2.05, 4.69) is 36.4 Å². The molecule has 2 aromatic rings. The second-order valence-corrected chi connectivity index (χ2v) is 4.92. The maximum atomic E-state index is 2.37. The minimum absolute atomic E-state index is 1.21. The van der Waals surface area contributed by atoms with Crippen LogP contribution >= 0.6 is 0 Å². The molecule has 0 spiro atoms. The van der Waals surface area contributed by atoms with Gasteiger partial charge in [-0.25, -0.2) is 0 Å². The van der Waals surface area contributed by atoms with Gasteiger partial charge in [-0.05, 0) is 64.8 Å².